The second kappa shape index (κ2) is 11.0. The summed E-state index contributed by atoms with van der Waals surface area (Å²) in [7, 11) is 0. The monoisotopic (exact) mass is 474 g/mol. The SMILES string of the molecule is Cc1ccc(Cn2c(SCC(=O)N/N=C\C(Cl)=C\c3ccccc3)nc3ccccc32)cc1. The largest absolute Gasteiger partial charge is 0.314 e. The third-order valence-corrected chi connectivity index (χ3v) is 6.08. The van der Waals surface area contributed by atoms with E-state index < -0.39 is 0 Å². The van der Waals surface area contributed by atoms with Crippen molar-refractivity contribution >= 4 is 52.6 Å². The first-order valence-electron chi connectivity index (χ1n) is 10.5. The second-order valence-electron chi connectivity index (χ2n) is 7.48. The van der Waals surface area contributed by atoms with E-state index in [-0.39, 0.29) is 11.7 Å². The zero-order chi connectivity index (χ0) is 23.0. The molecule has 0 atom stereocenters. The second-order valence-corrected chi connectivity index (χ2v) is 8.86. The molecule has 33 heavy (non-hydrogen) atoms. The standard InChI is InChI=1S/C26H23ClN4OS/c1-19-11-13-21(14-12-19)17-31-24-10-6-5-9-23(24)29-26(31)33-18-25(32)30-28-16-22(27)15-20-7-3-2-4-8-20/h2-16H,17-18H2,1H3,(H,30,32)/b22-15-,28-16-. The lowest BCUT2D eigenvalue weighted by atomic mass is 10.1. The van der Waals surface area contributed by atoms with E-state index in [1.54, 1.807) is 6.08 Å². The number of nitrogens with zero attached hydrogens (tertiary/aromatic N) is 3. The van der Waals surface area contributed by atoms with Gasteiger partial charge in [0.1, 0.15) is 0 Å². The Morgan fingerprint density at radius 1 is 1.06 bits per heavy atom. The summed E-state index contributed by atoms with van der Waals surface area (Å²) >= 11 is 7.55. The number of aryl methyl sites for hydroxylation is 1. The van der Waals surface area contributed by atoms with Crippen molar-refractivity contribution in [2.75, 3.05) is 5.75 Å². The van der Waals surface area contributed by atoms with Gasteiger partial charge in [0.05, 0.1) is 34.6 Å². The molecule has 166 valence electrons. The Bertz CT molecular complexity index is 1300. The molecule has 1 heterocycles. The van der Waals surface area contributed by atoms with Crippen LogP contribution in [0.1, 0.15) is 16.7 Å². The summed E-state index contributed by atoms with van der Waals surface area (Å²) in [5.74, 6) is -0.0384. The molecule has 0 radical (unpaired) electrons. The van der Waals surface area contributed by atoms with Gasteiger partial charge in [0, 0.05) is 0 Å². The number of amides is 1. The van der Waals surface area contributed by atoms with Gasteiger partial charge < -0.3 is 4.57 Å². The van der Waals surface area contributed by atoms with Gasteiger partial charge in [-0.1, -0.05) is 95.7 Å². The summed E-state index contributed by atoms with van der Waals surface area (Å²) in [6, 6.07) is 26.1. The van der Waals surface area contributed by atoms with Crippen LogP contribution in [0.25, 0.3) is 17.1 Å². The smallest absolute Gasteiger partial charge is 0.250 e. The lowest BCUT2D eigenvalue weighted by Gasteiger charge is -2.09. The Morgan fingerprint density at radius 3 is 2.58 bits per heavy atom. The molecule has 4 rings (SSSR count). The minimum Gasteiger partial charge on any atom is -0.314 e. The first-order chi connectivity index (χ1) is 16.1. The molecule has 0 unspecified atom stereocenters. The van der Waals surface area contributed by atoms with Crippen LogP contribution in [0, 0.1) is 6.92 Å². The molecule has 4 aromatic rings. The lowest BCUT2D eigenvalue weighted by molar-refractivity contribution is -0.118. The molecule has 0 fully saturated rings. The Balaban J connectivity index is 1.40. The number of carbonyl (C=O) groups excluding carboxylic acids is 1. The number of allylic oxidation sites excluding steroid dienone is 1. The number of hydrogen-bond donors (Lipinski definition) is 1. The molecule has 5 nitrogen and oxygen atoms in total. The van der Waals surface area contributed by atoms with E-state index in [1.807, 2.05) is 54.6 Å². The molecule has 1 N–H and O–H groups in total. The number of halogens is 1. The van der Waals surface area contributed by atoms with Crippen LogP contribution in [-0.4, -0.2) is 27.4 Å². The van der Waals surface area contributed by atoms with Gasteiger partial charge in [0.25, 0.3) is 5.91 Å². The zero-order valence-corrected chi connectivity index (χ0v) is 19.7. The van der Waals surface area contributed by atoms with Crippen LogP contribution in [0.15, 0.2) is 94.2 Å². The van der Waals surface area contributed by atoms with Crippen molar-refractivity contribution in [3.05, 3.63) is 101 Å². The molecule has 0 bridgehead atoms. The number of carbonyl (C=O) groups is 1. The van der Waals surface area contributed by atoms with Gasteiger partial charge in [0.15, 0.2) is 5.16 Å². The van der Waals surface area contributed by atoms with Crippen LogP contribution < -0.4 is 5.43 Å². The van der Waals surface area contributed by atoms with E-state index in [9.17, 15) is 4.79 Å². The van der Waals surface area contributed by atoms with Crippen molar-refractivity contribution in [3.8, 4) is 0 Å². The van der Waals surface area contributed by atoms with Crippen LogP contribution in [0.5, 0.6) is 0 Å². The van der Waals surface area contributed by atoms with E-state index in [0.717, 1.165) is 21.8 Å². The van der Waals surface area contributed by atoms with Crippen molar-refractivity contribution in [2.24, 2.45) is 5.10 Å². The maximum Gasteiger partial charge on any atom is 0.250 e. The minimum absolute atomic E-state index is 0.189. The number of hydrazone groups is 1. The number of hydrogen-bond acceptors (Lipinski definition) is 4. The summed E-state index contributed by atoms with van der Waals surface area (Å²) in [4.78, 5) is 17.1. The summed E-state index contributed by atoms with van der Waals surface area (Å²) in [6.45, 7) is 2.76. The first kappa shape index (κ1) is 22.8. The molecule has 0 aliphatic carbocycles. The average Bonchev–Trinajstić information content (AvgIpc) is 3.17. The third-order valence-electron chi connectivity index (χ3n) is 4.89. The summed E-state index contributed by atoms with van der Waals surface area (Å²) < 4.78 is 2.14. The predicted molar refractivity (Wildman–Crippen MR) is 138 cm³/mol. The van der Waals surface area contributed by atoms with Crippen molar-refractivity contribution < 1.29 is 4.79 Å². The highest BCUT2D eigenvalue weighted by Gasteiger charge is 2.13. The summed E-state index contributed by atoms with van der Waals surface area (Å²) in [6.07, 6.45) is 3.20. The predicted octanol–water partition coefficient (Wildman–Crippen LogP) is 5.87. The molecule has 0 aliphatic rings. The molecule has 0 aliphatic heterocycles. The molecular formula is C26H23ClN4OS. The van der Waals surface area contributed by atoms with E-state index in [1.165, 1.54) is 29.1 Å². The van der Waals surface area contributed by atoms with Crippen molar-refractivity contribution in [1.82, 2.24) is 15.0 Å². The molecule has 3 aromatic carbocycles. The number of rotatable bonds is 8. The molecule has 1 amide bonds. The van der Waals surface area contributed by atoms with Crippen LogP contribution >= 0.6 is 23.4 Å². The van der Waals surface area contributed by atoms with E-state index in [4.69, 9.17) is 16.6 Å². The topological polar surface area (TPSA) is 59.3 Å². The van der Waals surface area contributed by atoms with E-state index in [0.29, 0.717) is 11.6 Å². The summed E-state index contributed by atoms with van der Waals surface area (Å²) in [5, 5.41) is 5.17. The highest BCUT2D eigenvalue weighted by Crippen LogP contribution is 2.25. The van der Waals surface area contributed by atoms with Gasteiger partial charge in [-0.2, -0.15) is 5.10 Å². The Kier molecular flexibility index (Phi) is 7.60. The Morgan fingerprint density at radius 2 is 1.79 bits per heavy atom. The molecule has 0 saturated carbocycles. The van der Waals surface area contributed by atoms with Crippen molar-refractivity contribution in [1.29, 1.82) is 0 Å². The van der Waals surface area contributed by atoms with Crippen LogP contribution in [0.4, 0.5) is 0 Å². The Hall–Kier alpha value is -3.35. The zero-order valence-electron chi connectivity index (χ0n) is 18.1. The van der Waals surface area contributed by atoms with Gasteiger partial charge in [-0.3, -0.25) is 4.79 Å². The molecule has 7 heteroatoms. The molecular weight excluding hydrogens is 452 g/mol. The molecule has 0 saturated heterocycles. The fraction of sp³-hybridized carbons (Fsp3) is 0.115. The molecule has 0 spiro atoms. The van der Waals surface area contributed by atoms with E-state index in [2.05, 4.69) is 46.3 Å². The van der Waals surface area contributed by atoms with Gasteiger partial charge in [0.2, 0.25) is 0 Å². The third kappa shape index (κ3) is 6.34. The maximum absolute atomic E-state index is 12.3. The first-order valence-corrected chi connectivity index (χ1v) is 11.8. The maximum atomic E-state index is 12.3. The number of thioether (sulfide) groups is 1. The van der Waals surface area contributed by atoms with Crippen molar-refractivity contribution in [2.45, 2.75) is 18.6 Å². The number of benzene rings is 3. The van der Waals surface area contributed by atoms with Crippen LogP contribution in [-0.2, 0) is 11.3 Å². The quantitative estimate of drug-likeness (QED) is 0.197. The highest BCUT2D eigenvalue weighted by atomic mass is 35.5. The average molecular weight is 475 g/mol. The van der Waals surface area contributed by atoms with Gasteiger partial charge >= 0.3 is 0 Å². The van der Waals surface area contributed by atoms with Crippen LogP contribution in [0.2, 0.25) is 0 Å². The minimum atomic E-state index is -0.227. The highest BCUT2D eigenvalue weighted by molar-refractivity contribution is 7.99. The fourth-order valence-electron chi connectivity index (χ4n) is 3.27. The van der Waals surface area contributed by atoms with E-state index >= 15 is 0 Å². The normalized spacial score (nSPS) is 11.9. The number of para-hydroxylation sites is 2. The number of fused-ring (bicyclic) bond motifs is 1. The molecule has 1 aromatic heterocycles. The number of nitrogens with one attached hydrogen (secondary N) is 1. The van der Waals surface area contributed by atoms with Gasteiger partial charge in [-0.05, 0) is 36.3 Å². The Labute approximate surface area is 202 Å². The fourth-order valence-corrected chi connectivity index (χ4v) is 4.25. The van der Waals surface area contributed by atoms with Crippen molar-refractivity contribution in [3.63, 3.8) is 0 Å². The van der Waals surface area contributed by atoms with Crippen LogP contribution in [0.3, 0.4) is 0 Å². The van der Waals surface area contributed by atoms with Gasteiger partial charge in [-0.15, -0.1) is 0 Å². The number of aromatic nitrogens is 2. The number of imidazole rings is 1. The summed E-state index contributed by atoms with van der Waals surface area (Å²) in [5.41, 5.74) is 7.83. The lowest BCUT2D eigenvalue weighted by Crippen LogP contribution is -2.20. The van der Waals surface area contributed by atoms with Gasteiger partial charge in [-0.25, -0.2) is 10.4 Å².